The number of nitrogens with one attached hydrogen (secondary N) is 1. The summed E-state index contributed by atoms with van der Waals surface area (Å²) < 4.78 is 0. The van der Waals surface area contributed by atoms with Gasteiger partial charge in [-0.15, -0.1) is 0 Å². The molecular weight excluding hydrogens is 278 g/mol. The molecule has 22 heavy (non-hydrogen) atoms. The van der Waals surface area contributed by atoms with Gasteiger partial charge in [0.2, 0.25) is 5.91 Å². The summed E-state index contributed by atoms with van der Waals surface area (Å²) in [4.78, 5) is 14.2. The fraction of sp³-hybridized carbons (Fsp3) is 0.588. The first-order valence-electron chi connectivity index (χ1n) is 7.96. The number of carbonyl (C=O) groups is 1. The maximum absolute atomic E-state index is 12.0. The Balaban J connectivity index is 1.89. The van der Waals surface area contributed by atoms with E-state index < -0.39 is 6.04 Å². The van der Waals surface area contributed by atoms with E-state index in [-0.39, 0.29) is 24.0 Å². The zero-order valence-corrected chi connectivity index (χ0v) is 13.4. The number of hydrogen-bond donors (Lipinski definition) is 3. The second kappa shape index (κ2) is 7.72. The van der Waals surface area contributed by atoms with Crippen LogP contribution < -0.4 is 11.1 Å². The number of aliphatic hydroxyl groups is 1. The minimum atomic E-state index is -0.478. The number of nitrogens with zero attached hydrogens (tertiary/aromatic N) is 1. The third-order valence-corrected chi connectivity index (χ3v) is 4.27. The molecule has 1 amide bonds. The molecule has 0 spiro atoms. The van der Waals surface area contributed by atoms with Crippen molar-refractivity contribution in [1.29, 1.82) is 0 Å². The van der Waals surface area contributed by atoms with E-state index in [1.807, 2.05) is 32.0 Å². The van der Waals surface area contributed by atoms with Crippen LogP contribution in [0, 0.1) is 5.92 Å². The van der Waals surface area contributed by atoms with Gasteiger partial charge < -0.3 is 16.2 Å². The standard InChI is InChI=1S/C17H27N3O2/c1-12(2)16(18)17(22)19-9-14-8-15(21)11-20(14)10-13-6-4-3-5-7-13/h3-7,12,14-16,21H,8-11,18H2,1-2H3,(H,19,22)/t14-,15+,16+/m1/s1. The molecule has 0 aliphatic carbocycles. The van der Waals surface area contributed by atoms with Gasteiger partial charge in [0.1, 0.15) is 0 Å². The Bertz CT molecular complexity index is 478. The summed E-state index contributed by atoms with van der Waals surface area (Å²) in [5, 5.41) is 12.9. The highest BCUT2D eigenvalue weighted by Gasteiger charge is 2.31. The lowest BCUT2D eigenvalue weighted by Crippen LogP contribution is -2.48. The van der Waals surface area contributed by atoms with Crippen molar-refractivity contribution in [3.05, 3.63) is 35.9 Å². The molecule has 0 bridgehead atoms. The van der Waals surface area contributed by atoms with Crippen molar-refractivity contribution in [3.8, 4) is 0 Å². The molecule has 0 saturated carbocycles. The predicted molar refractivity (Wildman–Crippen MR) is 87.1 cm³/mol. The lowest BCUT2D eigenvalue weighted by atomic mass is 10.0. The van der Waals surface area contributed by atoms with Crippen molar-refractivity contribution in [2.45, 2.75) is 45.0 Å². The van der Waals surface area contributed by atoms with Crippen molar-refractivity contribution in [2.75, 3.05) is 13.1 Å². The Kier molecular flexibility index (Phi) is 5.94. The first-order valence-corrected chi connectivity index (χ1v) is 7.96. The number of carbonyl (C=O) groups excluding carboxylic acids is 1. The Hall–Kier alpha value is -1.43. The van der Waals surface area contributed by atoms with Crippen LogP contribution in [-0.4, -0.2) is 47.2 Å². The molecule has 1 aromatic carbocycles. The van der Waals surface area contributed by atoms with Crippen LogP contribution in [0.4, 0.5) is 0 Å². The highest BCUT2D eigenvalue weighted by atomic mass is 16.3. The normalized spacial score (nSPS) is 23.7. The van der Waals surface area contributed by atoms with Gasteiger partial charge in [0.05, 0.1) is 12.1 Å². The van der Waals surface area contributed by atoms with Gasteiger partial charge >= 0.3 is 0 Å². The summed E-state index contributed by atoms with van der Waals surface area (Å²) >= 11 is 0. The summed E-state index contributed by atoms with van der Waals surface area (Å²) in [7, 11) is 0. The van der Waals surface area contributed by atoms with Crippen LogP contribution in [0.3, 0.4) is 0 Å². The molecular formula is C17H27N3O2. The summed E-state index contributed by atoms with van der Waals surface area (Å²) in [6.07, 6.45) is 0.355. The number of β-amino-alcohol motifs (C(OH)–C–C–N with tert-alkyl or cyclic N) is 1. The molecule has 4 N–H and O–H groups in total. The molecule has 122 valence electrons. The van der Waals surface area contributed by atoms with Crippen molar-refractivity contribution >= 4 is 5.91 Å². The number of hydrogen-bond acceptors (Lipinski definition) is 4. The second-order valence-electron chi connectivity index (χ2n) is 6.47. The van der Waals surface area contributed by atoms with Crippen molar-refractivity contribution in [2.24, 2.45) is 11.7 Å². The lowest BCUT2D eigenvalue weighted by Gasteiger charge is -2.25. The van der Waals surface area contributed by atoms with E-state index in [0.29, 0.717) is 19.5 Å². The van der Waals surface area contributed by atoms with E-state index in [1.165, 1.54) is 5.56 Å². The van der Waals surface area contributed by atoms with Crippen LogP contribution in [0.2, 0.25) is 0 Å². The molecule has 1 aliphatic rings. The molecule has 0 radical (unpaired) electrons. The number of benzene rings is 1. The average Bonchev–Trinajstić information content (AvgIpc) is 2.84. The quantitative estimate of drug-likeness (QED) is 0.724. The number of likely N-dealkylation sites (tertiary alicyclic amines) is 1. The zero-order chi connectivity index (χ0) is 16.1. The molecule has 1 fully saturated rings. The van der Waals surface area contributed by atoms with E-state index in [0.717, 1.165) is 6.54 Å². The fourth-order valence-corrected chi connectivity index (χ4v) is 2.82. The minimum Gasteiger partial charge on any atom is -0.392 e. The van der Waals surface area contributed by atoms with Crippen LogP contribution in [-0.2, 0) is 11.3 Å². The van der Waals surface area contributed by atoms with E-state index in [9.17, 15) is 9.90 Å². The highest BCUT2D eigenvalue weighted by Crippen LogP contribution is 2.20. The summed E-state index contributed by atoms with van der Waals surface area (Å²) in [5.41, 5.74) is 7.07. The Morgan fingerprint density at radius 2 is 2.09 bits per heavy atom. The van der Waals surface area contributed by atoms with Gasteiger partial charge in [0, 0.05) is 25.7 Å². The van der Waals surface area contributed by atoms with Gasteiger partial charge in [-0.05, 0) is 17.9 Å². The average molecular weight is 305 g/mol. The van der Waals surface area contributed by atoms with Gasteiger partial charge in [0.15, 0.2) is 0 Å². The maximum atomic E-state index is 12.0. The largest absolute Gasteiger partial charge is 0.392 e. The van der Waals surface area contributed by atoms with Crippen molar-refractivity contribution < 1.29 is 9.90 Å². The molecule has 1 heterocycles. The first kappa shape index (κ1) is 16.9. The number of rotatable bonds is 6. The topological polar surface area (TPSA) is 78.6 Å². The summed E-state index contributed by atoms with van der Waals surface area (Å²) in [5.74, 6) is 0.00522. The molecule has 5 nitrogen and oxygen atoms in total. The Morgan fingerprint density at radius 3 is 2.73 bits per heavy atom. The van der Waals surface area contributed by atoms with E-state index in [4.69, 9.17) is 5.73 Å². The monoisotopic (exact) mass is 305 g/mol. The molecule has 0 aromatic heterocycles. The summed E-state index contributed by atoms with van der Waals surface area (Å²) in [6.45, 7) is 5.83. The van der Waals surface area contributed by atoms with Crippen molar-refractivity contribution in [3.63, 3.8) is 0 Å². The first-order chi connectivity index (χ1) is 10.5. The SMILES string of the molecule is CC(C)[C@H](N)C(=O)NC[C@H]1C[C@H](O)CN1Cc1ccccc1. The second-order valence-corrected chi connectivity index (χ2v) is 6.47. The van der Waals surface area contributed by atoms with Gasteiger partial charge in [-0.25, -0.2) is 0 Å². The Morgan fingerprint density at radius 1 is 1.41 bits per heavy atom. The van der Waals surface area contributed by atoms with E-state index >= 15 is 0 Å². The van der Waals surface area contributed by atoms with Gasteiger partial charge in [-0.2, -0.15) is 0 Å². The molecule has 1 aromatic rings. The molecule has 1 aliphatic heterocycles. The summed E-state index contributed by atoms with van der Waals surface area (Å²) in [6, 6.07) is 9.85. The maximum Gasteiger partial charge on any atom is 0.237 e. The number of nitrogens with two attached hydrogens (primary N) is 1. The molecule has 1 saturated heterocycles. The number of aliphatic hydroxyl groups excluding tert-OH is 1. The molecule has 2 rings (SSSR count). The van der Waals surface area contributed by atoms with Crippen LogP contribution in [0.25, 0.3) is 0 Å². The molecule has 3 atom stereocenters. The van der Waals surface area contributed by atoms with Crippen molar-refractivity contribution in [1.82, 2.24) is 10.2 Å². The fourth-order valence-electron chi connectivity index (χ4n) is 2.82. The van der Waals surface area contributed by atoms with Crippen LogP contribution in [0.1, 0.15) is 25.8 Å². The lowest BCUT2D eigenvalue weighted by molar-refractivity contribution is -0.123. The van der Waals surface area contributed by atoms with Gasteiger partial charge in [-0.3, -0.25) is 9.69 Å². The van der Waals surface area contributed by atoms with Crippen LogP contribution in [0.5, 0.6) is 0 Å². The van der Waals surface area contributed by atoms with E-state index in [1.54, 1.807) is 0 Å². The minimum absolute atomic E-state index is 0.115. The molecule has 5 heteroatoms. The van der Waals surface area contributed by atoms with Crippen LogP contribution >= 0.6 is 0 Å². The van der Waals surface area contributed by atoms with Gasteiger partial charge in [0.25, 0.3) is 0 Å². The highest BCUT2D eigenvalue weighted by molar-refractivity contribution is 5.81. The third-order valence-electron chi connectivity index (χ3n) is 4.27. The zero-order valence-electron chi connectivity index (χ0n) is 13.4. The predicted octanol–water partition coefficient (Wildman–Crippen LogP) is 0.721. The Labute approximate surface area is 132 Å². The van der Waals surface area contributed by atoms with Gasteiger partial charge in [-0.1, -0.05) is 44.2 Å². The van der Waals surface area contributed by atoms with Crippen LogP contribution in [0.15, 0.2) is 30.3 Å². The molecule has 0 unspecified atom stereocenters. The van der Waals surface area contributed by atoms with E-state index in [2.05, 4.69) is 22.3 Å². The third kappa shape index (κ3) is 4.53. The number of amides is 1. The smallest absolute Gasteiger partial charge is 0.237 e.